The van der Waals surface area contributed by atoms with Crippen molar-refractivity contribution < 1.29 is 4.74 Å². The van der Waals surface area contributed by atoms with Crippen molar-refractivity contribution in [1.82, 2.24) is 20.2 Å². The van der Waals surface area contributed by atoms with Gasteiger partial charge in [0.15, 0.2) is 0 Å². The molecule has 0 saturated carbocycles. The molecule has 1 aromatic carbocycles. The summed E-state index contributed by atoms with van der Waals surface area (Å²) in [4.78, 5) is 18.8. The molecular formula is C24H25ClN4O2S. The first-order valence-electron chi connectivity index (χ1n) is 10.8. The third-order valence-corrected chi connectivity index (χ3v) is 7.46. The van der Waals surface area contributed by atoms with E-state index in [0.29, 0.717) is 21.3 Å². The van der Waals surface area contributed by atoms with Gasteiger partial charge in [0.2, 0.25) is 0 Å². The number of nitrogens with zero attached hydrogens (tertiary/aromatic N) is 2. The summed E-state index contributed by atoms with van der Waals surface area (Å²) in [7, 11) is 1.68. The van der Waals surface area contributed by atoms with Gasteiger partial charge in [0.1, 0.15) is 16.8 Å². The fraction of sp³-hybridized carbons (Fsp3) is 0.333. The van der Waals surface area contributed by atoms with E-state index in [1.807, 2.05) is 36.4 Å². The second-order valence-corrected chi connectivity index (χ2v) is 9.61. The number of hydrogen-bond donors (Lipinski definition) is 2. The molecule has 2 aliphatic rings. The van der Waals surface area contributed by atoms with Crippen LogP contribution in [0.1, 0.15) is 19.3 Å². The molecule has 3 heterocycles. The van der Waals surface area contributed by atoms with Gasteiger partial charge in [-0.1, -0.05) is 29.8 Å². The lowest BCUT2D eigenvalue weighted by molar-refractivity contribution is 0.247. The number of hydrogen-bond acceptors (Lipinski definition) is 6. The molecule has 8 heteroatoms. The van der Waals surface area contributed by atoms with E-state index in [1.165, 1.54) is 24.2 Å². The van der Waals surface area contributed by atoms with Crippen LogP contribution in [-0.4, -0.2) is 41.8 Å². The Morgan fingerprint density at radius 3 is 2.94 bits per heavy atom. The summed E-state index contributed by atoms with van der Waals surface area (Å²) in [6, 6.07) is 10.2. The summed E-state index contributed by atoms with van der Waals surface area (Å²) in [5, 5.41) is 7.79. The number of nitrogens with one attached hydrogen (secondary N) is 2. The van der Waals surface area contributed by atoms with E-state index in [1.54, 1.807) is 18.0 Å². The molecule has 1 saturated heterocycles. The largest absolute Gasteiger partial charge is 0.499 e. The molecule has 1 aliphatic carbocycles. The number of aromatic nitrogens is 2. The average Bonchev–Trinajstić information content (AvgIpc) is 3.49. The van der Waals surface area contributed by atoms with E-state index in [-0.39, 0.29) is 11.6 Å². The topological polar surface area (TPSA) is 68.2 Å². The Kier molecular flexibility index (Phi) is 6.15. The van der Waals surface area contributed by atoms with Crippen molar-refractivity contribution in [3.8, 4) is 10.4 Å². The van der Waals surface area contributed by atoms with Crippen LogP contribution in [0.25, 0.3) is 26.4 Å². The molecule has 2 atom stereocenters. The summed E-state index contributed by atoms with van der Waals surface area (Å²) < 4.78 is 7.91. The average molecular weight is 469 g/mol. The number of allylic oxidation sites excluding steroid dienone is 2. The molecule has 2 unspecified atom stereocenters. The maximum absolute atomic E-state index is 13.3. The van der Waals surface area contributed by atoms with E-state index >= 15 is 0 Å². The van der Waals surface area contributed by atoms with Crippen LogP contribution < -0.4 is 16.2 Å². The van der Waals surface area contributed by atoms with E-state index in [9.17, 15) is 4.79 Å². The highest BCUT2D eigenvalue weighted by atomic mass is 35.5. The normalized spacial score (nSPS) is 20.9. The van der Waals surface area contributed by atoms with E-state index < -0.39 is 0 Å². The molecular weight excluding hydrogens is 444 g/mol. The van der Waals surface area contributed by atoms with Gasteiger partial charge in [-0.3, -0.25) is 9.36 Å². The summed E-state index contributed by atoms with van der Waals surface area (Å²) >= 11 is 7.46. The van der Waals surface area contributed by atoms with Crippen LogP contribution in [0, 0.1) is 0 Å². The molecule has 166 valence electrons. The SMILES string of the molecule is COC1=CC(n2cnc3cc(-c4ccc(Cl)cc4)sc3c2=O)=CCC1NCC1CCCN1. The lowest BCUT2D eigenvalue weighted by atomic mass is 10.0. The van der Waals surface area contributed by atoms with Crippen LogP contribution in [-0.2, 0) is 4.74 Å². The predicted molar refractivity (Wildman–Crippen MR) is 131 cm³/mol. The van der Waals surface area contributed by atoms with Gasteiger partial charge in [-0.2, -0.15) is 0 Å². The van der Waals surface area contributed by atoms with Crippen molar-refractivity contribution in [2.75, 3.05) is 20.2 Å². The number of rotatable bonds is 6. The van der Waals surface area contributed by atoms with Crippen LogP contribution in [0.3, 0.4) is 0 Å². The fourth-order valence-corrected chi connectivity index (χ4v) is 5.45. The molecule has 0 spiro atoms. The van der Waals surface area contributed by atoms with Gasteiger partial charge in [-0.05, 0) is 49.6 Å². The first-order valence-corrected chi connectivity index (χ1v) is 12.0. The Labute approximate surface area is 195 Å². The number of ether oxygens (including phenoxy) is 1. The minimum Gasteiger partial charge on any atom is -0.499 e. The smallest absolute Gasteiger partial charge is 0.275 e. The summed E-state index contributed by atoms with van der Waals surface area (Å²) in [6.45, 7) is 2.00. The van der Waals surface area contributed by atoms with Crippen LogP contribution in [0.5, 0.6) is 0 Å². The first kappa shape index (κ1) is 21.4. The molecule has 0 radical (unpaired) electrons. The van der Waals surface area contributed by atoms with Gasteiger partial charge in [-0.25, -0.2) is 4.98 Å². The second-order valence-electron chi connectivity index (χ2n) is 8.12. The molecule has 2 aromatic heterocycles. The molecule has 1 fully saturated rings. The highest BCUT2D eigenvalue weighted by molar-refractivity contribution is 7.22. The van der Waals surface area contributed by atoms with Crippen LogP contribution in [0.4, 0.5) is 0 Å². The highest BCUT2D eigenvalue weighted by Crippen LogP contribution is 2.32. The molecule has 0 bridgehead atoms. The zero-order chi connectivity index (χ0) is 22.1. The molecule has 3 aromatic rings. The summed E-state index contributed by atoms with van der Waals surface area (Å²) in [5.74, 6) is 0.834. The van der Waals surface area contributed by atoms with Gasteiger partial charge < -0.3 is 15.4 Å². The Bertz CT molecular complexity index is 1240. The summed E-state index contributed by atoms with van der Waals surface area (Å²) in [6.07, 6.45) is 8.81. The minimum absolute atomic E-state index is 0.0697. The van der Waals surface area contributed by atoms with Crippen molar-refractivity contribution in [2.45, 2.75) is 31.3 Å². The molecule has 2 N–H and O–H groups in total. The molecule has 32 heavy (non-hydrogen) atoms. The molecule has 6 nitrogen and oxygen atoms in total. The lowest BCUT2D eigenvalue weighted by Crippen LogP contribution is -2.41. The number of fused-ring (bicyclic) bond motifs is 1. The second kappa shape index (κ2) is 9.19. The number of benzene rings is 1. The van der Waals surface area contributed by atoms with Gasteiger partial charge in [0.25, 0.3) is 5.56 Å². The van der Waals surface area contributed by atoms with Gasteiger partial charge in [-0.15, -0.1) is 11.3 Å². The standard InChI is InChI=1S/C24H25ClN4O2S/c1-31-21-11-18(8-9-19(21)27-13-17-3-2-10-26-17)29-14-28-20-12-22(32-23(20)24(29)30)15-4-6-16(25)7-5-15/h4-8,11-12,14,17,19,26-27H,2-3,9-10,13H2,1H3. The maximum atomic E-state index is 13.3. The number of halogens is 1. The molecule has 5 rings (SSSR count). The minimum atomic E-state index is -0.0697. The van der Waals surface area contributed by atoms with Crippen molar-refractivity contribution in [1.29, 1.82) is 0 Å². The Balaban J connectivity index is 1.40. The summed E-state index contributed by atoms with van der Waals surface area (Å²) in [5.41, 5.74) is 2.45. The van der Waals surface area contributed by atoms with Crippen molar-refractivity contribution in [2.24, 2.45) is 0 Å². The Morgan fingerprint density at radius 2 is 2.19 bits per heavy atom. The number of thiophene rings is 1. The van der Waals surface area contributed by atoms with Crippen LogP contribution in [0.2, 0.25) is 5.02 Å². The monoisotopic (exact) mass is 468 g/mol. The van der Waals surface area contributed by atoms with Gasteiger partial charge in [0.05, 0.1) is 18.7 Å². The zero-order valence-corrected chi connectivity index (χ0v) is 19.4. The van der Waals surface area contributed by atoms with Crippen LogP contribution >= 0.6 is 22.9 Å². The molecule has 1 aliphatic heterocycles. The lowest BCUT2D eigenvalue weighted by Gasteiger charge is -2.25. The molecule has 0 amide bonds. The van der Waals surface area contributed by atoms with E-state index in [2.05, 4.69) is 21.7 Å². The van der Waals surface area contributed by atoms with Crippen molar-refractivity contribution in [3.63, 3.8) is 0 Å². The predicted octanol–water partition coefficient (Wildman–Crippen LogP) is 4.26. The maximum Gasteiger partial charge on any atom is 0.275 e. The third kappa shape index (κ3) is 4.26. The zero-order valence-electron chi connectivity index (χ0n) is 17.8. The third-order valence-electron chi connectivity index (χ3n) is 6.05. The first-order chi connectivity index (χ1) is 15.6. The Hall–Kier alpha value is -2.45. The fourth-order valence-electron chi connectivity index (χ4n) is 4.28. The van der Waals surface area contributed by atoms with Crippen LogP contribution in [0.15, 0.2) is 59.4 Å². The quantitative estimate of drug-likeness (QED) is 0.565. The highest BCUT2D eigenvalue weighted by Gasteiger charge is 2.23. The van der Waals surface area contributed by atoms with E-state index in [4.69, 9.17) is 16.3 Å². The van der Waals surface area contributed by atoms with E-state index in [0.717, 1.165) is 41.4 Å². The van der Waals surface area contributed by atoms with Crippen molar-refractivity contribution >= 4 is 38.9 Å². The van der Waals surface area contributed by atoms with Crippen molar-refractivity contribution in [3.05, 3.63) is 69.9 Å². The van der Waals surface area contributed by atoms with Gasteiger partial charge in [0, 0.05) is 34.3 Å². The Morgan fingerprint density at radius 1 is 1.34 bits per heavy atom. The van der Waals surface area contributed by atoms with Gasteiger partial charge >= 0.3 is 0 Å². The number of methoxy groups -OCH3 is 1.